The number of furan rings is 1. The summed E-state index contributed by atoms with van der Waals surface area (Å²) in [5, 5.41) is 11.1. The Hall–Kier alpha value is -5.99. The predicted molar refractivity (Wildman–Crippen MR) is 208 cm³/mol. The van der Waals surface area contributed by atoms with Gasteiger partial charge in [-0.3, -0.25) is 4.98 Å². The van der Waals surface area contributed by atoms with E-state index in [4.69, 9.17) is 9.40 Å². The molecule has 0 bridgehead atoms. The molecule has 232 valence electrons. The van der Waals surface area contributed by atoms with Crippen LogP contribution in [0.25, 0.3) is 98.5 Å². The molecule has 8 aromatic carbocycles. The van der Waals surface area contributed by atoms with Gasteiger partial charge in [0.05, 0.1) is 5.52 Å². The molecule has 0 fully saturated rings. The number of hydrogen-bond donors (Lipinski definition) is 0. The van der Waals surface area contributed by atoms with Gasteiger partial charge in [0.25, 0.3) is 0 Å². The molecule has 2 heteroatoms. The van der Waals surface area contributed by atoms with Crippen LogP contribution >= 0.6 is 0 Å². The summed E-state index contributed by atoms with van der Waals surface area (Å²) in [7, 11) is 0. The van der Waals surface area contributed by atoms with Gasteiger partial charge >= 0.3 is 0 Å². The molecular weight excluding hydrogens is 595 g/mol. The zero-order valence-electron chi connectivity index (χ0n) is 27.7. The van der Waals surface area contributed by atoms with Gasteiger partial charge in [-0.2, -0.15) is 0 Å². The van der Waals surface area contributed by atoms with Crippen molar-refractivity contribution in [1.82, 2.24) is 4.98 Å². The zero-order valence-corrected chi connectivity index (χ0v) is 27.7. The van der Waals surface area contributed by atoms with Gasteiger partial charge < -0.3 is 4.42 Å². The molecule has 0 N–H and O–H groups in total. The summed E-state index contributed by atoms with van der Waals surface area (Å²) in [4.78, 5) is 4.90. The molecule has 0 saturated carbocycles. The average molecular weight is 628 g/mol. The average Bonchev–Trinajstić information content (AvgIpc) is 3.52. The predicted octanol–water partition coefficient (Wildman–Crippen LogP) is 13.3. The minimum Gasteiger partial charge on any atom is -0.455 e. The molecule has 0 saturated heterocycles. The van der Waals surface area contributed by atoms with Crippen molar-refractivity contribution in [2.45, 2.75) is 26.2 Å². The molecule has 2 nitrogen and oxygen atoms in total. The third-order valence-corrected chi connectivity index (χ3v) is 10.4. The smallest absolute Gasteiger partial charge is 0.143 e. The van der Waals surface area contributed by atoms with Crippen LogP contribution in [0.4, 0.5) is 0 Å². The van der Waals surface area contributed by atoms with E-state index in [0.717, 1.165) is 49.5 Å². The SMILES string of the molecule is CC(C)(C)c1cc2ccc3c(-c4cccc(-c5cccc6c5oc5ccccc56)c4)cc(-c4cnc5ccccc5c4)c4ccc(c1)c2c34. The van der Waals surface area contributed by atoms with Crippen LogP contribution in [0, 0.1) is 0 Å². The zero-order chi connectivity index (χ0) is 32.9. The molecule has 0 aliphatic rings. The van der Waals surface area contributed by atoms with Gasteiger partial charge in [-0.05, 0) is 95.9 Å². The van der Waals surface area contributed by atoms with E-state index in [-0.39, 0.29) is 5.41 Å². The van der Waals surface area contributed by atoms with Crippen molar-refractivity contribution in [3.8, 4) is 33.4 Å². The first-order valence-electron chi connectivity index (χ1n) is 17.0. The molecule has 10 aromatic rings. The molecule has 0 unspecified atom stereocenters. The quantitative estimate of drug-likeness (QED) is 0.182. The van der Waals surface area contributed by atoms with Gasteiger partial charge in [0.2, 0.25) is 0 Å². The maximum Gasteiger partial charge on any atom is 0.143 e. The van der Waals surface area contributed by atoms with Crippen molar-refractivity contribution in [3.05, 3.63) is 151 Å². The summed E-state index contributed by atoms with van der Waals surface area (Å²) < 4.78 is 6.47. The molecule has 0 amide bonds. The molecule has 2 aromatic heterocycles. The van der Waals surface area contributed by atoms with Gasteiger partial charge in [0, 0.05) is 33.5 Å². The highest BCUT2D eigenvalue weighted by Crippen LogP contribution is 2.46. The molecule has 0 radical (unpaired) electrons. The van der Waals surface area contributed by atoms with Crippen LogP contribution in [-0.2, 0) is 5.41 Å². The Bertz CT molecular complexity index is 2900. The second-order valence-electron chi connectivity index (χ2n) is 14.4. The summed E-state index contributed by atoms with van der Waals surface area (Å²) in [5.74, 6) is 0. The van der Waals surface area contributed by atoms with E-state index < -0.39 is 0 Å². The molecule has 0 aliphatic carbocycles. The Balaban J connectivity index is 1.26. The van der Waals surface area contributed by atoms with E-state index >= 15 is 0 Å². The molecule has 49 heavy (non-hydrogen) atoms. The lowest BCUT2D eigenvalue weighted by Gasteiger charge is -2.23. The summed E-state index contributed by atoms with van der Waals surface area (Å²) in [6.07, 6.45) is 2.04. The fourth-order valence-electron chi connectivity index (χ4n) is 7.87. The Morgan fingerprint density at radius 2 is 1.14 bits per heavy atom. The number of fused-ring (bicyclic) bond motifs is 4. The topological polar surface area (TPSA) is 26.0 Å². The Kier molecular flexibility index (Phi) is 5.87. The Morgan fingerprint density at radius 3 is 1.94 bits per heavy atom. The molecular formula is C47H33NO. The van der Waals surface area contributed by atoms with E-state index in [2.05, 4.69) is 142 Å². The van der Waals surface area contributed by atoms with Crippen LogP contribution in [0.2, 0.25) is 0 Å². The third-order valence-electron chi connectivity index (χ3n) is 10.4. The van der Waals surface area contributed by atoms with E-state index in [1.54, 1.807) is 0 Å². The molecule has 0 aliphatic heterocycles. The minimum absolute atomic E-state index is 0.0562. The largest absolute Gasteiger partial charge is 0.455 e. The highest BCUT2D eigenvalue weighted by atomic mass is 16.3. The summed E-state index contributed by atoms with van der Waals surface area (Å²) in [6.45, 7) is 6.88. The second-order valence-corrected chi connectivity index (χ2v) is 14.4. The van der Waals surface area contributed by atoms with Crippen molar-refractivity contribution < 1.29 is 4.42 Å². The first-order chi connectivity index (χ1) is 23.9. The van der Waals surface area contributed by atoms with Crippen LogP contribution in [0.15, 0.2) is 150 Å². The molecule has 0 atom stereocenters. The number of hydrogen-bond acceptors (Lipinski definition) is 2. The van der Waals surface area contributed by atoms with Gasteiger partial charge in [-0.1, -0.05) is 130 Å². The maximum atomic E-state index is 6.47. The fraction of sp³-hybridized carbons (Fsp3) is 0.0851. The van der Waals surface area contributed by atoms with E-state index in [1.807, 2.05) is 24.4 Å². The summed E-state index contributed by atoms with van der Waals surface area (Å²) in [6, 6.07) is 50.8. The van der Waals surface area contributed by atoms with Gasteiger partial charge in [0.15, 0.2) is 0 Å². The number of benzene rings is 8. The normalized spacial score (nSPS) is 12.4. The number of para-hydroxylation sites is 3. The van der Waals surface area contributed by atoms with E-state index in [1.165, 1.54) is 54.6 Å². The third kappa shape index (κ3) is 4.30. The van der Waals surface area contributed by atoms with Gasteiger partial charge in [0.1, 0.15) is 11.2 Å². The number of aromatic nitrogens is 1. The van der Waals surface area contributed by atoms with Crippen LogP contribution in [0.5, 0.6) is 0 Å². The van der Waals surface area contributed by atoms with Crippen LogP contribution < -0.4 is 0 Å². The highest BCUT2D eigenvalue weighted by Gasteiger charge is 2.21. The highest BCUT2D eigenvalue weighted by molar-refractivity contribution is 6.28. The number of nitrogens with zero attached hydrogens (tertiary/aromatic N) is 1. The van der Waals surface area contributed by atoms with Crippen molar-refractivity contribution in [2.75, 3.05) is 0 Å². The Labute approximate surface area is 284 Å². The fourth-order valence-corrected chi connectivity index (χ4v) is 7.87. The minimum atomic E-state index is 0.0562. The number of pyridine rings is 1. The second kappa shape index (κ2) is 10.3. The van der Waals surface area contributed by atoms with Crippen molar-refractivity contribution in [1.29, 1.82) is 0 Å². The Morgan fingerprint density at radius 1 is 0.469 bits per heavy atom. The van der Waals surface area contributed by atoms with Gasteiger partial charge in [-0.25, -0.2) is 0 Å². The van der Waals surface area contributed by atoms with Crippen molar-refractivity contribution in [3.63, 3.8) is 0 Å². The monoisotopic (exact) mass is 627 g/mol. The lowest BCUT2D eigenvalue weighted by molar-refractivity contribution is 0.591. The van der Waals surface area contributed by atoms with E-state index in [9.17, 15) is 0 Å². The van der Waals surface area contributed by atoms with Crippen LogP contribution in [0.3, 0.4) is 0 Å². The maximum absolute atomic E-state index is 6.47. The summed E-state index contributed by atoms with van der Waals surface area (Å²) >= 11 is 0. The lowest BCUT2D eigenvalue weighted by atomic mass is 9.81. The first-order valence-corrected chi connectivity index (χ1v) is 17.0. The molecule has 0 spiro atoms. The number of rotatable bonds is 3. The van der Waals surface area contributed by atoms with Crippen molar-refractivity contribution >= 4 is 65.2 Å². The standard InChI is InChI=1S/C47H33NO/c1-47(2,3)34-24-31-18-20-37-40(29-12-8-11-28(22-29)35-14-9-15-39-36-13-5-7-17-43(36)49-46(35)39)26-41(38-21-19-32(25-34)44(31)45(37)38)33-23-30-10-4-6-16-42(30)48-27-33/h4-27H,1-3H3. The molecule has 10 rings (SSSR count). The summed E-state index contributed by atoms with van der Waals surface area (Å²) in [5.41, 5.74) is 11.2. The lowest BCUT2D eigenvalue weighted by Crippen LogP contribution is -2.10. The van der Waals surface area contributed by atoms with Crippen LogP contribution in [0.1, 0.15) is 26.3 Å². The molecule has 2 heterocycles. The van der Waals surface area contributed by atoms with Crippen molar-refractivity contribution in [2.24, 2.45) is 0 Å². The van der Waals surface area contributed by atoms with Gasteiger partial charge in [-0.15, -0.1) is 0 Å². The first kappa shape index (κ1) is 28.1. The van der Waals surface area contributed by atoms with Crippen LogP contribution in [-0.4, -0.2) is 4.98 Å². The van der Waals surface area contributed by atoms with E-state index in [0.29, 0.717) is 0 Å².